The average Bonchev–Trinajstić information content (AvgIpc) is 2.95. The van der Waals surface area contributed by atoms with Gasteiger partial charge in [0.2, 0.25) is 10.0 Å². The van der Waals surface area contributed by atoms with Crippen molar-refractivity contribution in [2.45, 2.75) is 50.5 Å². The van der Waals surface area contributed by atoms with Crippen LogP contribution in [-0.2, 0) is 10.0 Å². The summed E-state index contributed by atoms with van der Waals surface area (Å²) in [5.41, 5.74) is 1.50. The van der Waals surface area contributed by atoms with Crippen LogP contribution >= 0.6 is 0 Å². The second-order valence-corrected chi connectivity index (χ2v) is 7.78. The second kappa shape index (κ2) is 6.27. The minimum absolute atomic E-state index is 0.148. The van der Waals surface area contributed by atoms with E-state index in [4.69, 9.17) is 10.00 Å². The number of benzene rings is 1. The topological polar surface area (TPSA) is 70.4 Å². The number of aryl methyl sites for hydroxylation is 1. The smallest absolute Gasteiger partial charge is 0.244 e. The Morgan fingerprint density at radius 1 is 1.41 bits per heavy atom. The van der Waals surface area contributed by atoms with Crippen LogP contribution in [0.3, 0.4) is 0 Å². The Morgan fingerprint density at radius 3 is 2.64 bits per heavy atom. The van der Waals surface area contributed by atoms with Crippen molar-refractivity contribution >= 4 is 10.0 Å². The summed E-state index contributed by atoms with van der Waals surface area (Å²) < 4.78 is 32.6. The summed E-state index contributed by atoms with van der Waals surface area (Å²) in [5, 5.41) is 9.16. The molecule has 1 unspecified atom stereocenters. The van der Waals surface area contributed by atoms with E-state index in [9.17, 15) is 8.42 Å². The highest BCUT2D eigenvalue weighted by atomic mass is 32.2. The van der Waals surface area contributed by atoms with Gasteiger partial charge >= 0.3 is 0 Å². The molecule has 1 heterocycles. The van der Waals surface area contributed by atoms with Gasteiger partial charge in [0.1, 0.15) is 11.8 Å². The fraction of sp³-hybridized carbons (Fsp3) is 0.562. The Kier molecular flexibility index (Phi) is 4.78. The molecule has 0 spiro atoms. The summed E-state index contributed by atoms with van der Waals surface area (Å²) in [6.45, 7) is 6.16. The number of rotatable bonds is 4. The van der Waals surface area contributed by atoms with Gasteiger partial charge in [0.25, 0.3) is 0 Å². The molecule has 0 aliphatic carbocycles. The zero-order valence-corrected chi connectivity index (χ0v) is 14.3. The van der Waals surface area contributed by atoms with E-state index in [1.807, 2.05) is 13.8 Å². The van der Waals surface area contributed by atoms with Gasteiger partial charge in [-0.2, -0.15) is 9.57 Å². The van der Waals surface area contributed by atoms with Crippen molar-refractivity contribution in [3.63, 3.8) is 0 Å². The van der Waals surface area contributed by atoms with Gasteiger partial charge in [0.05, 0.1) is 18.1 Å². The highest BCUT2D eigenvalue weighted by Crippen LogP contribution is 2.34. The van der Waals surface area contributed by atoms with Gasteiger partial charge in [-0.15, -0.1) is 0 Å². The van der Waals surface area contributed by atoms with E-state index >= 15 is 0 Å². The molecule has 0 saturated carbocycles. The number of hydrogen-bond acceptors (Lipinski definition) is 4. The Bertz CT molecular complexity index is 705. The highest BCUT2D eigenvalue weighted by Gasteiger charge is 2.36. The molecule has 0 bridgehead atoms. The van der Waals surface area contributed by atoms with Crippen LogP contribution in [0.15, 0.2) is 17.0 Å². The first-order chi connectivity index (χ1) is 10.3. The highest BCUT2D eigenvalue weighted by molar-refractivity contribution is 7.89. The van der Waals surface area contributed by atoms with Crippen molar-refractivity contribution in [1.29, 1.82) is 5.26 Å². The molecule has 1 aromatic carbocycles. The molecular weight excluding hydrogens is 300 g/mol. The van der Waals surface area contributed by atoms with Gasteiger partial charge in [-0.05, 0) is 48.9 Å². The normalized spacial score (nSPS) is 19.4. The fourth-order valence-corrected chi connectivity index (χ4v) is 4.72. The van der Waals surface area contributed by atoms with E-state index < -0.39 is 16.1 Å². The summed E-state index contributed by atoms with van der Waals surface area (Å²) in [4.78, 5) is 0.277. The molecule has 0 radical (unpaired) electrons. The van der Waals surface area contributed by atoms with Crippen molar-refractivity contribution in [3.8, 4) is 11.8 Å². The summed E-state index contributed by atoms with van der Waals surface area (Å²) in [5.74, 6) is 0.847. The van der Waals surface area contributed by atoms with Crippen LogP contribution in [0.2, 0.25) is 0 Å². The van der Waals surface area contributed by atoms with Gasteiger partial charge in [-0.3, -0.25) is 0 Å². The van der Waals surface area contributed by atoms with Crippen LogP contribution in [0, 0.1) is 18.3 Å². The summed E-state index contributed by atoms with van der Waals surface area (Å²) in [7, 11) is -2.07. The molecule has 1 aromatic rings. The molecule has 5 nitrogen and oxygen atoms in total. The zero-order valence-electron chi connectivity index (χ0n) is 13.5. The first-order valence-electron chi connectivity index (χ1n) is 7.43. The third kappa shape index (κ3) is 2.83. The Labute approximate surface area is 132 Å². The van der Waals surface area contributed by atoms with Crippen LogP contribution in [0.1, 0.15) is 43.7 Å². The standard InChI is InChI=1S/C16H22N2O3S/c1-11(2)14-9-16(12(3)8-15(14)21-4)22(19,20)18-7-5-6-13(18)10-17/h8-9,11,13H,5-7H2,1-4H3. The zero-order chi connectivity index (χ0) is 16.5. The molecule has 2 rings (SSSR count). The minimum atomic E-state index is -3.66. The molecule has 0 aromatic heterocycles. The predicted octanol–water partition coefficient (Wildman–Crippen LogP) is 2.80. The Balaban J connectivity index is 2.56. The molecule has 0 amide bonds. The lowest BCUT2D eigenvalue weighted by Gasteiger charge is -2.22. The van der Waals surface area contributed by atoms with Gasteiger partial charge < -0.3 is 4.74 Å². The molecule has 0 N–H and O–H groups in total. The van der Waals surface area contributed by atoms with Crippen LogP contribution in [0.4, 0.5) is 0 Å². The van der Waals surface area contributed by atoms with Crippen LogP contribution < -0.4 is 4.74 Å². The van der Waals surface area contributed by atoms with Gasteiger partial charge in [0, 0.05) is 6.54 Å². The SMILES string of the molecule is COc1cc(C)c(S(=O)(=O)N2CCCC2C#N)cc1C(C)C. The van der Waals surface area contributed by atoms with Gasteiger partial charge in [-0.25, -0.2) is 8.42 Å². The number of nitriles is 1. The van der Waals surface area contributed by atoms with Crippen molar-refractivity contribution < 1.29 is 13.2 Å². The van der Waals surface area contributed by atoms with Gasteiger partial charge in [-0.1, -0.05) is 13.8 Å². The summed E-state index contributed by atoms with van der Waals surface area (Å²) >= 11 is 0. The number of methoxy groups -OCH3 is 1. The largest absolute Gasteiger partial charge is 0.496 e. The average molecular weight is 322 g/mol. The second-order valence-electron chi connectivity index (χ2n) is 5.92. The lowest BCUT2D eigenvalue weighted by atomic mass is 10.0. The molecule has 1 aliphatic rings. The molecule has 1 atom stereocenters. The Morgan fingerprint density at radius 2 is 2.09 bits per heavy atom. The van der Waals surface area contributed by atoms with Crippen molar-refractivity contribution in [3.05, 3.63) is 23.3 Å². The summed E-state index contributed by atoms with van der Waals surface area (Å²) in [6, 6.07) is 4.99. The maximum Gasteiger partial charge on any atom is 0.244 e. The molecule has 120 valence electrons. The first kappa shape index (κ1) is 16.8. The summed E-state index contributed by atoms with van der Waals surface area (Å²) in [6.07, 6.45) is 1.33. The van der Waals surface area contributed by atoms with E-state index in [-0.39, 0.29) is 10.8 Å². The van der Waals surface area contributed by atoms with E-state index in [2.05, 4.69) is 6.07 Å². The number of sulfonamides is 1. The van der Waals surface area contributed by atoms with Crippen molar-refractivity contribution in [2.24, 2.45) is 0 Å². The lowest BCUT2D eigenvalue weighted by Crippen LogP contribution is -2.35. The first-order valence-corrected chi connectivity index (χ1v) is 8.87. The quantitative estimate of drug-likeness (QED) is 0.854. The fourth-order valence-electron chi connectivity index (χ4n) is 2.87. The maximum atomic E-state index is 12.9. The van der Waals surface area contributed by atoms with Crippen LogP contribution in [0.5, 0.6) is 5.75 Å². The van der Waals surface area contributed by atoms with E-state index in [1.54, 1.807) is 26.2 Å². The maximum absolute atomic E-state index is 12.9. The molecular formula is C16H22N2O3S. The van der Waals surface area contributed by atoms with E-state index in [0.29, 0.717) is 24.3 Å². The third-order valence-electron chi connectivity index (χ3n) is 4.09. The molecule has 1 aliphatic heterocycles. The number of hydrogen-bond donors (Lipinski definition) is 0. The predicted molar refractivity (Wildman–Crippen MR) is 84.3 cm³/mol. The van der Waals surface area contributed by atoms with Crippen LogP contribution in [0.25, 0.3) is 0 Å². The van der Waals surface area contributed by atoms with Gasteiger partial charge in [0.15, 0.2) is 0 Å². The van der Waals surface area contributed by atoms with Crippen LogP contribution in [-0.4, -0.2) is 32.4 Å². The molecule has 22 heavy (non-hydrogen) atoms. The minimum Gasteiger partial charge on any atom is -0.496 e. The lowest BCUT2D eigenvalue weighted by molar-refractivity contribution is 0.406. The molecule has 6 heteroatoms. The third-order valence-corrected chi connectivity index (χ3v) is 6.14. The number of ether oxygens (including phenoxy) is 1. The monoisotopic (exact) mass is 322 g/mol. The number of nitrogens with zero attached hydrogens (tertiary/aromatic N) is 2. The Hall–Kier alpha value is -1.58. The van der Waals surface area contributed by atoms with Crippen molar-refractivity contribution in [2.75, 3.05) is 13.7 Å². The van der Waals surface area contributed by atoms with E-state index in [1.165, 1.54) is 4.31 Å². The van der Waals surface area contributed by atoms with Crippen molar-refractivity contribution in [1.82, 2.24) is 4.31 Å². The molecule has 1 fully saturated rings. The van der Waals surface area contributed by atoms with E-state index in [0.717, 1.165) is 12.0 Å². The molecule has 1 saturated heterocycles.